The van der Waals surface area contributed by atoms with E-state index < -0.39 is 11.7 Å². The lowest BCUT2D eigenvalue weighted by Gasteiger charge is -2.33. The highest BCUT2D eigenvalue weighted by Gasteiger charge is 2.57. The average molecular weight is 348 g/mol. The van der Waals surface area contributed by atoms with Crippen LogP contribution in [0.4, 0.5) is 0 Å². The van der Waals surface area contributed by atoms with E-state index >= 15 is 0 Å². The van der Waals surface area contributed by atoms with Crippen molar-refractivity contribution in [3.05, 3.63) is 23.3 Å². The van der Waals surface area contributed by atoms with Gasteiger partial charge in [0.25, 0.3) is 0 Å². The second-order valence-electron chi connectivity index (χ2n) is 8.04. The summed E-state index contributed by atoms with van der Waals surface area (Å²) in [5.41, 5.74) is 0.531. The summed E-state index contributed by atoms with van der Waals surface area (Å²) in [6, 6.07) is 0. The lowest BCUT2D eigenvalue weighted by atomic mass is 9.76. The Hall–Kier alpha value is -1.62. The van der Waals surface area contributed by atoms with Gasteiger partial charge in [0.05, 0.1) is 5.92 Å². The first-order valence-electron chi connectivity index (χ1n) is 9.11. The first kappa shape index (κ1) is 18.2. The van der Waals surface area contributed by atoms with Crippen LogP contribution in [0.25, 0.3) is 0 Å². The van der Waals surface area contributed by atoms with Crippen LogP contribution in [0.1, 0.15) is 47.5 Å². The minimum Gasteiger partial charge on any atom is -0.458 e. The Morgan fingerprint density at radius 2 is 2.12 bits per heavy atom. The number of esters is 2. The minimum atomic E-state index is -1.12. The Labute approximate surface area is 149 Å². The Kier molecular flexibility index (Phi) is 4.56. The van der Waals surface area contributed by atoms with E-state index in [2.05, 4.69) is 0 Å². The van der Waals surface area contributed by atoms with Crippen LogP contribution in [0, 0.1) is 23.7 Å². The molecule has 0 amide bonds. The quantitative estimate of drug-likeness (QED) is 0.472. The number of fused-ring (bicyclic) bond motifs is 2. The maximum absolute atomic E-state index is 12.2. The van der Waals surface area contributed by atoms with E-state index in [1.807, 2.05) is 19.9 Å². The average Bonchev–Trinajstić information content (AvgIpc) is 2.89. The molecule has 0 unspecified atom stereocenters. The van der Waals surface area contributed by atoms with Gasteiger partial charge in [0, 0.05) is 11.5 Å². The standard InChI is InChI=1S/C20H28O5/c1-6-10(2)18(21)25-17-9-13-11(3)7-16-14(12(4)19(22)24-16)8-15(13)20(17,5)23/h6-7,12-17,23H,8-9H2,1-5H3/b10-6+/t12-,13-,14+,15+,16-,17+,20-/m0/s1. The molecule has 0 spiro atoms. The van der Waals surface area contributed by atoms with Crippen LogP contribution >= 0.6 is 0 Å². The normalized spacial score (nSPS) is 43.7. The van der Waals surface area contributed by atoms with Gasteiger partial charge in [-0.2, -0.15) is 0 Å². The number of rotatable bonds is 2. The molecule has 0 bridgehead atoms. The lowest BCUT2D eigenvalue weighted by Crippen LogP contribution is -2.44. The van der Waals surface area contributed by atoms with Gasteiger partial charge in [-0.05, 0) is 58.4 Å². The topological polar surface area (TPSA) is 72.8 Å². The van der Waals surface area contributed by atoms with Crippen molar-refractivity contribution >= 4 is 11.9 Å². The van der Waals surface area contributed by atoms with Crippen molar-refractivity contribution in [2.24, 2.45) is 23.7 Å². The van der Waals surface area contributed by atoms with Crippen LogP contribution in [0.15, 0.2) is 23.3 Å². The predicted molar refractivity (Wildman–Crippen MR) is 92.4 cm³/mol. The Balaban J connectivity index is 1.87. The monoisotopic (exact) mass is 348 g/mol. The van der Waals surface area contributed by atoms with Crippen molar-refractivity contribution in [3.63, 3.8) is 0 Å². The first-order chi connectivity index (χ1) is 11.7. The molecule has 1 N–H and O–H groups in total. The number of carbonyl (C=O) groups is 2. The molecule has 5 heteroatoms. The third-order valence-electron chi connectivity index (χ3n) is 6.59. The molecule has 1 heterocycles. The van der Waals surface area contributed by atoms with E-state index in [0.29, 0.717) is 18.4 Å². The Morgan fingerprint density at radius 1 is 1.44 bits per heavy atom. The summed E-state index contributed by atoms with van der Waals surface area (Å²) in [4.78, 5) is 24.1. The van der Waals surface area contributed by atoms with Gasteiger partial charge >= 0.3 is 11.9 Å². The summed E-state index contributed by atoms with van der Waals surface area (Å²) < 4.78 is 11.1. The molecule has 0 aromatic rings. The zero-order chi connectivity index (χ0) is 18.5. The third-order valence-corrected chi connectivity index (χ3v) is 6.59. The second kappa shape index (κ2) is 6.27. The zero-order valence-electron chi connectivity index (χ0n) is 15.6. The fourth-order valence-corrected chi connectivity index (χ4v) is 4.65. The van der Waals surface area contributed by atoms with Gasteiger partial charge in [-0.25, -0.2) is 4.79 Å². The largest absolute Gasteiger partial charge is 0.458 e. The molecular formula is C20H28O5. The Bertz CT molecular complexity index is 644. The number of allylic oxidation sites excluding steroid dienone is 2. The SMILES string of the molecule is C/C=C(\C)C(=O)O[C@@H]1C[C@H]2C(C)=C[C@@H]3OC(=O)[C@@H](C)[C@H]3C[C@H]2[C@]1(C)O. The smallest absolute Gasteiger partial charge is 0.333 e. The molecule has 2 aliphatic carbocycles. The molecule has 5 nitrogen and oxygen atoms in total. The van der Waals surface area contributed by atoms with Gasteiger partial charge in [0.15, 0.2) is 0 Å². The number of aliphatic hydroxyl groups is 1. The third kappa shape index (κ3) is 2.92. The summed E-state index contributed by atoms with van der Waals surface area (Å²) >= 11 is 0. The summed E-state index contributed by atoms with van der Waals surface area (Å²) in [6.45, 7) is 9.18. The van der Waals surface area contributed by atoms with Gasteiger partial charge in [-0.15, -0.1) is 0 Å². The molecule has 3 rings (SSSR count). The van der Waals surface area contributed by atoms with E-state index in [4.69, 9.17) is 9.47 Å². The molecule has 0 aromatic carbocycles. The summed E-state index contributed by atoms with van der Waals surface area (Å²) in [6.07, 6.45) is 4.30. The van der Waals surface area contributed by atoms with Gasteiger partial charge in [0.1, 0.15) is 17.8 Å². The number of hydrogen-bond donors (Lipinski definition) is 1. The van der Waals surface area contributed by atoms with E-state index in [-0.39, 0.29) is 41.7 Å². The van der Waals surface area contributed by atoms with Crippen LogP contribution in [0.5, 0.6) is 0 Å². The summed E-state index contributed by atoms with van der Waals surface area (Å²) in [5, 5.41) is 11.2. The van der Waals surface area contributed by atoms with Gasteiger partial charge < -0.3 is 14.6 Å². The second-order valence-corrected chi connectivity index (χ2v) is 8.04. The molecule has 0 aromatic heterocycles. The van der Waals surface area contributed by atoms with Gasteiger partial charge in [-0.3, -0.25) is 4.79 Å². The Morgan fingerprint density at radius 3 is 2.76 bits per heavy atom. The molecule has 1 saturated carbocycles. The van der Waals surface area contributed by atoms with Crippen molar-refractivity contribution in [1.29, 1.82) is 0 Å². The number of carbonyl (C=O) groups excluding carboxylic acids is 2. The molecule has 138 valence electrons. The van der Waals surface area contributed by atoms with Crippen LogP contribution in [0.2, 0.25) is 0 Å². The molecule has 2 fully saturated rings. The fraction of sp³-hybridized carbons (Fsp3) is 0.700. The maximum atomic E-state index is 12.2. The molecule has 7 atom stereocenters. The van der Waals surface area contributed by atoms with E-state index in [1.54, 1.807) is 26.8 Å². The predicted octanol–water partition coefficient (Wildman–Crippen LogP) is 2.78. The van der Waals surface area contributed by atoms with Crippen LogP contribution in [-0.4, -0.2) is 34.9 Å². The molecule has 25 heavy (non-hydrogen) atoms. The molecular weight excluding hydrogens is 320 g/mol. The van der Waals surface area contributed by atoms with Gasteiger partial charge in [0.2, 0.25) is 0 Å². The molecule has 1 saturated heterocycles. The minimum absolute atomic E-state index is 0.0561. The van der Waals surface area contributed by atoms with Crippen LogP contribution in [-0.2, 0) is 19.1 Å². The maximum Gasteiger partial charge on any atom is 0.333 e. The van der Waals surface area contributed by atoms with Crippen molar-refractivity contribution < 1.29 is 24.2 Å². The van der Waals surface area contributed by atoms with Crippen molar-refractivity contribution in [1.82, 2.24) is 0 Å². The number of hydrogen-bond acceptors (Lipinski definition) is 5. The highest BCUT2D eigenvalue weighted by molar-refractivity contribution is 5.87. The van der Waals surface area contributed by atoms with Gasteiger partial charge in [-0.1, -0.05) is 18.6 Å². The lowest BCUT2D eigenvalue weighted by molar-refractivity contribution is -0.158. The molecule has 0 radical (unpaired) electrons. The van der Waals surface area contributed by atoms with E-state index in [0.717, 1.165) is 5.57 Å². The first-order valence-corrected chi connectivity index (χ1v) is 9.11. The van der Waals surface area contributed by atoms with Crippen LogP contribution < -0.4 is 0 Å². The molecule has 1 aliphatic heterocycles. The summed E-state index contributed by atoms with van der Waals surface area (Å²) in [5.74, 6) is -0.570. The highest BCUT2D eigenvalue weighted by atomic mass is 16.6. The van der Waals surface area contributed by atoms with Crippen molar-refractivity contribution in [2.45, 2.75) is 65.3 Å². The number of ether oxygens (including phenoxy) is 2. The van der Waals surface area contributed by atoms with E-state index in [1.165, 1.54) is 0 Å². The summed E-state index contributed by atoms with van der Waals surface area (Å²) in [7, 11) is 0. The van der Waals surface area contributed by atoms with E-state index in [9.17, 15) is 14.7 Å². The van der Waals surface area contributed by atoms with Crippen molar-refractivity contribution in [2.75, 3.05) is 0 Å². The van der Waals surface area contributed by atoms with Crippen molar-refractivity contribution in [3.8, 4) is 0 Å². The van der Waals surface area contributed by atoms with Crippen LogP contribution in [0.3, 0.4) is 0 Å². The zero-order valence-corrected chi connectivity index (χ0v) is 15.6. The highest BCUT2D eigenvalue weighted by Crippen LogP contribution is 2.52. The fourth-order valence-electron chi connectivity index (χ4n) is 4.65. The molecule has 3 aliphatic rings.